The Kier molecular flexibility index (Phi) is 3.32. The highest BCUT2D eigenvalue weighted by molar-refractivity contribution is 6.22. The molecule has 1 aliphatic heterocycles. The van der Waals surface area contributed by atoms with Crippen molar-refractivity contribution in [1.29, 1.82) is 0 Å². The van der Waals surface area contributed by atoms with E-state index in [0.29, 0.717) is 23.7 Å². The quantitative estimate of drug-likeness (QED) is 0.715. The summed E-state index contributed by atoms with van der Waals surface area (Å²) in [6.07, 6.45) is 12.9. The number of hydrogen-bond acceptors (Lipinski definition) is 2. The van der Waals surface area contributed by atoms with Crippen LogP contribution in [0.25, 0.3) is 0 Å². The van der Waals surface area contributed by atoms with Gasteiger partial charge in [-0.25, -0.2) is 14.8 Å². The van der Waals surface area contributed by atoms with Gasteiger partial charge in [-0.15, -0.1) is 11.6 Å². The second-order valence-electron chi connectivity index (χ2n) is 10.5. The molecule has 0 aromatic rings. The Morgan fingerprint density at radius 2 is 1.86 bits per heavy atom. The Bertz CT molecular complexity index is 810. The van der Waals surface area contributed by atoms with Crippen molar-refractivity contribution in [2.24, 2.45) is 29.1 Å². The summed E-state index contributed by atoms with van der Waals surface area (Å²) in [5, 5.41) is 6.54. The Morgan fingerprint density at radius 3 is 2.46 bits per heavy atom. The first kappa shape index (κ1) is 17.4. The largest absolute Gasteiger partial charge is 0.341 e. The van der Waals surface area contributed by atoms with Crippen molar-refractivity contribution in [3.8, 4) is 0 Å². The van der Waals surface area contributed by atoms with Crippen molar-refractivity contribution in [3.05, 3.63) is 23.9 Å². The molecule has 1 saturated heterocycles. The van der Waals surface area contributed by atoms with Crippen LogP contribution in [0.5, 0.6) is 0 Å². The highest BCUT2D eigenvalue weighted by Crippen LogP contribution is 2.76. The summed E-state index contributed by atoms with van der Waals surface area (Å²) in [6.45, 7) is 3.72. The zero-order valence-electron chi connectivity index (χ0n) is 16.5. The monoisotopic (exact) mass is 401 g/mol. The molecule has 3 bridgehead atoms. The van der Waals surface area contributed by atoms with Crippen LogP contribution in [0.2, 0.25) is 0 Å². The molecule has 6 heteroatoms. The van der Waals surface area contributed by atoms with E-state index in [1.807, 2.05) is 37.1 Å². The van der Waals surface area contributed by atoms with E-state index in [2.05, 4.69) is 5.32 Å². The number of halogens is 1. The molecule has 5 unspecified atom stereocenters. The minimum absolute atomic E-state index is 0.0159. The lowest BCUT2D eigenvalue weighted by Crippen LogP contribution is -2.80. The fraction of sp³-hybridized carbons (Fsp3) is 0.727. The van der Waals surface area contributed by atoms with Gasteiger partial charge in [-0.2, -0.15) is 0 Å². The fourth-order valence-corrected chi connectivity index (χ4v) is 7.91. The van der Waals surface area contributed by atoms with Gasteiger partial charge < -0.3 is 5.32 Å². The Balaban J connectivity index is 1.26. The highest BCUT2D eigenvalue weighted by atomic mass is 35.5. The Labute approximate surface area is 171 Å². The van der Waals surface area contributed by atoms with Crippen LogP contribution in [-0.2, 0) is 4.79 Å². The molecule has 0 aromatic heterocycles. The second kappa shape index (κ2) is 5.35. The molecule has 3 amide bonds. The van der Waals surface area contributed by atoms with E-state index >= 15 is 0 Å². The van der Waals surface area contributed by atoms with Crippen molar-refractivity contribution in [3.63, 3.8) is 0 Å². The summed E-state index contributed by atoms with van der Waals surface area (Å²) >= 11 is 6.09. The second-order valence-corrected chi connectivity index (χ2v) is 11.0. The van der Waals surface area contributed by atoms with Gasteiger partial charge in [0.1, 0.15) is 5.54 Å². The zero-order chi connectivity index (χ0) is 19.4. The van der Waals surface area contributed by atoms with Crippen LogP contribution in [-0.4, -0.2) is 38.9 Å². The number of nitrogens with one attached hydrogen (secondary N) is 1. The molecule has 0 radical (unpaired) electrons. The molecule has 1 spiro atoms. The molecule has 150 valence electrons. The minimum atomic E-state index is -0.785. The minimum Gasteiger partial charge on any atom is -0.307 e. The van der Waals surface area contributed by atoms with E-state index in [1.165, 1.54) is 32.1 Å². The predicted octanol–water partition coefficient (Wildman–Crippen LogP) is 3.81. The van der Waals surface area contributed by atoms with Gasteiger partial charge in [0.05, 0.1) is 11.4 Å². The maximum atomic E-state index is 13.2. The highest BCUT2D eigenvalue weighted by Gasteiger charge is 2.72. The van der Waals surface area contributed by atoms with Crippen molar-refractivity contribution in [2.75, 3.05) is 0 Å². The Hall–Kier alpha value is -1.49. The van der Waals surface area contributed by atoms with Crippen molar-refractivity contribution >= 4 is 23.5 Å². The number of nitrogens with zero attached hydrogens (tertiary/aromatic N) is 2. The molecule has 6 aliphatic rings. The van der Waals surface area contributed by atoms with Crippen LogP contribution in [0.15, 0.2) is 23.9 Å². The van der Waals surface area contributed by atoms with Gasteiger partial charge in [-0.3, -0.25) is 4.79 Å². The summed E-state index contributed by atoms with van der Waals surface area (Å²) in [5.41, 5.74) is 0.591. The summed E-state index contributed by atoms with van der Waals surface area (Å²) in [7, 11) is 0. The van der Waals surface area contributed by atoms with Gasteiger partial charge in [-0.05, 0) is 87.5 Å². The molecule has 28 heavy (non-hydrogen) atoms. The van der Waals surface area contributed by atoms with E-state index in [1.54, 1.807) is 5.01 Å². The lowest BCUT2D eigenvalue weighted by molar-refractivity contribution is -0.217. The molecule has 1 heterocycles. The number of alkyl halides is 1. The van der Waals surface area contributed by atoms with Crippen molar-refractivity contribution in [2.45, 2.75) is 69.3 Å². The third-order valence-corrected chi connectivity index (χ3v) is 9.19. The van der Waals surface area contributed by atoms with Crippen LogP contribution in [0.3, 0.4) is 0 Å². The maximum Gasteiger partial charge on any atom is 0.341 e. The maximum absolute atomic E-state index is 13.2. The normalized spacial score (nSPS) is 46.8. The third-order valence-electron chi connectivity index (χ3n) is 8.87. The molecule has 5 atom stereocenters. The fourth-order valence-electron chi connectivity index (χ4n) is 7.75. The van der Waals surface area contributed by atoms with Gasteiger partial charge in [0, 0.05) is 5.70 Å². The molecule has 5 nitrogen and oxygen atoms in total. The first-order chi connectivity index (χ1) is 13.3. The van der Waals surface area contributed by atoms with Crippen LogP contribution < -0.4 is 5.32 Å². The average Bonchev–Trinajstić information content (AvgIpc) is 3.02. The summed E-state index contributed by atoms with van der Waals surface area (Å²) in [4.78, 5) is 26.3. The molecular formula is C22H28ClN3O2. The van der Waals surface area contributed by atoms with Crippen LogP contribution >= 0.6 is 11.6 Å². The summed E-state index contributed by atoms with van der Waals surface area (Å²) < 4.78 is 0. The van der Waals surface area contributed by atoms with Crippen LogP contribution in [0.4, 0.5) is 4.79 Å². The van der Waals surface area contributed by atoms with E-state index in [9.17, 15) is 9.59 Å². The van der Waals surface area contributed by atoms with Gasteiger partial charge in [0.25, 0.3) is 5.91 Å². The number of hydrazine groups is 1. The van der Waals surface area contributed by atoms with Gasteiger partial charge in [-0.1, -0.05) is 12.2 Å². The number of urea groups is 1. The molecular weight excluding hydrogens is 374 g/mol. The van der Waals surface area contributed by atoms with Crippen LogP contribution in [0, 0.1) is 29.1 Å². The van der Waals surface area contributed by atoms with E-state index in [4.69, 9.17) is 11.6 Å². The smallest absolute Gasteiger partial charge is 0.307 e. The van der Waals surface area contributed by atoms with E-state index in [0.717, 1.165) is 17.5 Å². The van der Waals surface area contributed by atoms with Gasteiger partial charge >= 0.3 is 6.03 Å². The first-order valence-corrected chi connectivity index (χ1v) is 11.2. The number of amides is 3. The van der Waals surface area contributed by atoms with E-state index in [-0.39, 0.29) is 23.4 Å². The Morgan fingerprint density at radius 1 is 1.18 bits per heavy atom. The lowest BCUT2D eigenvalue weighted by atomic mass is 9.56. The number of hydrogen-bond donors (Lipinski definition) is 1. The zero-order valence-corrected chi connectivity index (χ0v) is 17.3. The number of carbonyl (C=O) groups excluding carboxylic acids is 2. The number of rotatable bonds is 2. The SMILES string of the molecule is CC1(C)C(=O)N(C2C3CC4CC5CC2CC45C3)N1C(=O)NC1=CCC(Cl)C=C1. The summed E-state index contributed by atoms with van der Waals surface area (Å²) in [6, 6.07) is 0.00399. The van der Waals surface area contributed by atoms with Crippen molar-refractivity contribution in [1.82, 2.24) is 15.3 Å². The number of allylic oxidation sites excluding steroid dienone is 3. The van der Waals surface area contributed by atoms with Crippen molar-refractivity contribution < 1.29 is 9.59 Å². The average molecular weight is 402 g/mol. The number of carbonyl (C=O) groups is 2. The molecule has 6 rings (SSSR count). The van der Waals surface area contributed by atoms with Crippen LogP contribution in [0.1, 0.15) is 52.4 Å². The molecule has 0 aromatic carbocycles. The topological polar surface area (TPSA) is 52.7 Å². The summed E-state index contributed by atoms with van der Waals surface area (Å²) in [5.74, 6) is 2.99. The van der Waals surface area contributed by atoms with E-state index < -0.39 is 5.54 Å². The molecule has 4 saturated carbocycles. The molecule has 1 N–H and O–H groups in total. The van der Waals surface area contributed by atoms with Gasteiger partial charge in [0.2, 0.25) is 0 Å². The lowest BCUT2D eigenvalue weighted by Gasteiger charge is -2.60. The first-order valence-electron chi connectivity index (χ1n) is 10.8. The molecule has 5 aliphatic carbocycles. The molecule has 5 fully saturated rings. The standard InChI is InChI=1S/C22H28ClN3O2/c1-21(2)19(27)25(26(21)20(28)24-17-5-3-16(23)4-6-17)18-12-7-14-9-15-8-13(18)11-22(14,15)10-12/h3,5-6,12-16,18H,4,7-11H2,1-2H3,(H,24,28). The predicted molar refractivity (Wildman–Crippen MR) is 106 cm³/mol. The number of fused-ring (bicyclic) bond motifs is 2. The van der Waals surface area contributed by atoms with Gasteiger partial charge in [0.15, 0.2) is 0 Å². The third kappa shape index (κ3) is 1.99.